The van der Waals surface area contributed by atoms with Crippen molar-refractivity contribution in [2.24, 2.45) is 0 Å². The monoisotopic (exact) mass is 401 g/mol. The van der Waals surface area contributed by atoms with Gasteiger partial charge in [0.25, 0.3) is 0 Å². The van der Waals surface area contributed by atoms with E-state index in [1.807, 2.05) is 12.1 Å². The van der Waals surface area contributed by atoms with Gasteiger partial charge in [0.2, 0.25) is 0 Å². The van der Waals surface area contributed by atoms with Gasteiger partial charge in [0.05, 0.1) is 25.5 Å². The maximum absolute atomic E-state index is 5.59. The minimum absolute atomic E-state index is 0.676. The van der Waals surface area contributed by atoms with E-state index in [-0.39, 0.29) is 0 Å². The molecule has 2 fully saturated rings. The minimum atomic E-state index is 0.676. The van der Waals surface area contributed by atoms with Crippen molar-refractivity contribution in [3.63, 3.8) is 0 Å². The van der Waals surface area contributed by atoms with Crippen LogP contribution < -0.4 is 9.47 Å². The van der Waals surface area contributed by atoms with Crippen molar-refractivity contribution in [1.82, 2.24) is 14.8 Å². The van der Waals surface area contributed by atoms with Gasteiger partial charge in [-0.25, -0.2) is 4.98 Å². The van der Waals surface area contributed by atoms with E-state index in [2.05, 4.69) is 21.2 Å². The number of rotatable bonds is 7. The molecule has 152 valence electrons. The van der Waals surface area contributed by atoms with E-state index < -0.39 is 0 Å². The van der Waals surface area contributed by atoms with Crippen LogP contribution in [-0.4, -0.2) is 61.2 Å². The Morgan fingerprint density at radius 1 is 1.07 bits per heavy atom. The summed E-state index contributed by atoms with van der Waals surface area (Å²) in [5, 5.41) is 3.20. The van der Waals surface area contributed by atoms with E-state index in [9.17, 15) is 0 Å². The maximum Gasteiger partial charge on any atom is 0.170 e. The van der Waals surface area contributed by atoms with Crippen LogP contribution in [0.3, 0.4) is 0 Å². The number of para-hydroxylation sites is 1. The minimum Gasteiger partial charge on any atom is -0.493 e. The van der Waals surface area contributed by atoms with Crippen LogP contribution in [0.2, 0.25) is 0 Å². The summed E-state index contributed by atoms with van der Waals surface area (Å²) in [5.74, 6) is 1.51. The third-order valence-electron chi connectivity index (χ3n) is 5.97. The molecule has 6 heteroatoms. The molecular formula is C22H31N3O2S. The van der Waals surface area contributed by atoms with Gasteiger partial charge in [-0.1, -0.05) is 12.5 Å². The Bertz CT molecular complexity index is 773. The predicted molar refractivity (Wildman–Crippen MR) is 114 cm³/mol. The van der Waals surface area contributed by atoms with E-state index in [0.29, 0.717) is 6.04 Å². The first-order valence-corrected chi connectivity index (χ1v) is 11.3. The second-order valence-corrected chi connectivity index (χ2v) is 8.67. The average Bonchev–Trinajstić information content (AvgIpc) is 3.38. The molecule has 0 bridgehead atoms. The van der Waals surface area contributed by atoms with E-state index >= 15 is 0 Å². The first-order valence-electron chi connectivity index (χ1n) is 10.4. The Hall–Kier alpha value is -1.63. The number of nitrogens with zero attached hydrogens (tertiary/aromatic N) is 3. The van der Waals surface area contributed by atoms with Crippen molar-refractivity contribution in [3.8, 4) is 22.1 Å². The predicted octanol–water partition coefficient (Wildman–Crippen LogP) is 4.28. The van der Waals surface area contributed by atoms with Crippen molar-refractivity contribution >= 4 is 11.3 Å². The summed E-state index contributed by atoms with van der Waals surface area (Å²) in [6, 6.07) is 6.65. The van der Waals surface area contributed by atoms with Gasteiger partial charge in [-0.15, -0.1) is 11.3 Å². The standard InChI is InChI=1S/C22H31N3O2S/c1-26-20-10-6-9-19(21(20)27-2)22-23-17(16-28-22)14-25-13-7-8-18(25)15-24-11-4-3-5-12-24/h6,9-10,16,18H,3-5,7-8,11-15H2,1-2H3. The Labute approximate surface area is 172 Å². The lowest BCUT2D eigenvalue weighted by Gasteiger charge is -2.32. The molecule has 0 amide bonds. The number of ether oxygens (including phenoxy) is 2. The van der Waals surface area contributed by atoms with Crippen molar-refractivity contribution in [2.45, 2.75) is 44.7 Å². The SMILES string of the molecule is COc1cccc(-c2nc(CN3CCCC3CN3CCCCC3)cs2)c1OC. The first-order chi connectivity index (χ1) is 13.8. The highest BCUT2D eigenvalue weighted by Gasteiger charge is 2.27. The van der Waals surface area contributed by atoms with Crippen LogP contribution in [0.4, 0.5) is 0 Å². The van der Waals surface area contributed by atoms with Crippen molar-refractivity contribution < 1.29 is 9.47 Å². The number of piperidine rings is 1. The quantitative estimate of drug-likeness (QED) is 0.692. The van der Waals surface area contributed by atoms with E-state index in [4.69, 9.17) is 14.5 Å². The van der Waals surface area contributed by atoms with Crippen molar-refractivity contribution in [3.05, 3.63) is 29.3 Å². The fourth-order valence-corrected chi connectivity index (χ4v) is 5.35. The molecule has 3 heterocycles. The van der Waals surface area contributed by atoms with E-state index in [1.165, 1.54) is 58.3 Å². The van der Waals surface area contributed by atoms with Gasteiger partial charge in [-0.3, -0.25) is 4.90 Å². The lowest BCUT2D eigenvalue weighted by Crippen LogP contribution is -2.42. The number of benzene rings is 1. The van der Waals surface area contributed by atoms with Crippen LogP contribution in [0.15, 0.2) is 23.6 Å². The molecule has 28 heavy (non-hydrogen) atoms. The average molecular weight is 402 g/mol. The second-order valence-electron chi connectivity index (χ2n) is 7.81. The summed E-state index contributed by atoms with van der Waals surface area (Å²) in [5.41, 5.74) is 2.17. The lowest BCUT2D eigenvalue weighted by molar-refractivity contribution is 0.148. The molecule has 0 radical (unpaired) electrons. The molecular weight excluding hydrogens is 370 g/mol. The number of hydrogen-bond donors (Lipinski definition) is 0. The molecule has 1 aromatic carbocycles. The highest BCUT2D eigenvalue weighted by Crippen LogP contribution is 2.39. The van der Waals surface area contributed by atoms with Crippen LogP contribution in [-0.2, 0) is 6.54 Å². The maximum atomic E-state index is 5.59. The fourth-order valence-electron chi connectivity index (χ4n) is 4.52. The Morgan fingerprint density at radius 3 is 2.71 bits per heavy atom. The molecule has 1 unspecified atom stereocenters. The molecule has 1 aromatic heterocycles. The van der Waals surface area contributed by atoms with Crippen LogP contribution in [0.1, 0.15) is 37.8 Å². The molecule has 1 atom stereocenters. The second kappa shape index (κ2) is 9.25. The lowest BCUT2D eigenvalue weighted by atomic mass is 10.1. The van der Waals surface area contributed by atoms with Gasteiger partial charge >= 0.3 is 0 Å². The van der Waals surface area contributed by atoms with E-state index in [1.54, 1.807) is 25.6 Å². The van der Waals surface area contributed by atoms with Gasteiger partial charge in [0.1, 0.15) is 5.01 Å². The van der Waals surface area contributed by atoms with Crippen molar-refractivity contribution in [1.29, 1.82) is 0 Å². The number of hydrogen-bond acceptors (Lipinski definition) is 6. The molecule has 4 rings (SSSR count). The van der Waals surface area contributed by atoms with Gasteiger partial charge in [0, 0.05) is 24.5 Å². The third kappa shape index (κ3) is 4.34. The molecule has 2 aliphatic rings. The zero-order valence-corrected chi connectivity index (χ0v) is 17.8. The molecule has 0 aliphatic carbocycles. The third-order valence-corrected chi connectivity index (χ3v) is 6.89. The van der Waals surface area contributed by atoms with Crippen molar-refractivity contribution in [2.75, 3.05) is 40.4 Å². The molecule has 0 N–H and O–H groups in total. The summed E-state index contributed by atoms with van der Waals surface area (Å²) in [7, 11) is 3.36. The summed E-state index contributed by atoms with van der Waals surface area (Å²) in [4.78, 5) is 10.2. The summed E-state index contributed by atoms with van der Waals surface area (Å²) in [6.07, 6.45) is 6.76. The Kier molecular flexibility index (Phi) is 6.50. The molecule has 5 nitrogen and oxygen atoms in total. The van der Waals surface area contributed by atoms with Crippen LogP contribution in [0.5, 0.6) is 11.5 Å². The molecule has 2 saturated heterocycles. The summed E-state index contributed by atoms with van der Waals surface area (Å²) in [6.45, 7) is 5.91. The summed E-state index contributed by atoms with van der Waals surface area (Å²) < 4.78 is 11.0. The summed E-state index contributed by atoms with van der Waals surface area (Å²) >= 11 is 1.69. The normalized spacial score (nSPS) is 21.1. The number of thiazole rings is 1. The Morgan fingerprint density at radius 2 is 1.93 bits per heavy atom. The Balaban J connectivity index is 1.44. The number of likely N-dealkylation sites (tertiary alicyclic amines) is 2. The van der Waals surface area contributed by atoms with Gasteiger partial charge < -0.3 is 14.4 Å². The van der Waals surface area contributed by atoms with Gasteiger partial charge in [-0.2, -0.15) is 0 Å². The first kappa shape index (κ1) is 19.7. The topological polar surface area (TPSA) is 37.8 Å². The van der Waals surface area contributed by atoms with Gasteiger partial charge in [0.15, 0.2) is 11.5 Å². The zero-order valence-electron chi connectivity index (χ0n) is 17.0. The highest BCUT2D eigenvalue weighted by atomic mass is 32.1. The largest absolute Gasteiger partial charge is 0.493 e. The van der Waals surface area contributed by atoms with Crippen LogP contribution in [0.25, 0.3) is 10.6 Å². The smallest absolute Gasteiger partial charge is 0.170 e. The zero-order chi connectivity index (χ0) is 19.3. The fraction of sp³-hybridized carbons (Fsp3) is 0.591. The van der Waals surface area contributed by atoms with Crippen LogP contribution in [0, 0.1) is 0 Å². The molecule has 0 saturated carbocycles. The number of methoxy groups -OCH3 is 2. The number of aromatic nitrogens is 1. The molecule has 2 aromatic rings. The van der Waals surface area contributed by atoms with Gasteiger partial charge in [-0.05, 0) is 57.5 Å². The molecule has 2 aliphatic heterocycles. The molecule has 0 spiro atoms. The highest BCUT2D eigenvalue weighted by molar-refractivity contribution is 7.13. The van der Waals surface area contributed by atoms with Crippen LogP contribution >= 0.6 is 11.3 Å². The van der Waals surface area contributed by atoms with E-state index in [0.717, 1.165) is 34.3 Å².